The minimum atomic E-state index is -0.0130. The number of hydrogen-bond donors (Lipinski definition) is 0. The summed E-state index contributed by atoms with van der Waals surface area (Å²) in [5.41, 5.74) is 0. The van der Waals surface area contributed by atoms with E-state index in [9.17, 15) is 0 Å². The Balaban J connectivity index is 2.35. The van der Waals surface area contributed by atoms with Gasteiger partial charge in [-0.25, -0.2) is 4.99 Å². The van der Waals surface area contributed by atoms with Gasteiger partial charge in [0.25, 0.3) is 0 Å². The number of fused-ring (bicyclic) bond motifs is 1. The van der Waals surface area contributed by atoms with Crippen molar-refractivity contribution in [3.63, 3.8) is 0 Å². The summed E-state index contributed by atoms with van der Waals surface area (Å²) in [6, 6.07) is 0. The van der Waals surface area contributed by atoms with Crippen molar-refractivity contribution in [1.29, 1.82) is 0 Å². The Morgan fingerprint density at radius 1 is 1.62 bits per heavy atom. The van der Waals surface area contributed by atoms with E-state index in [1.807, 2.05) is 6.20 Å². The van der Waals surface area contributed by atoms with Crippen LogP contribution >= 0.6 is 47.8 Å². The van der Waals surface area contributed by atoms with Gasteiger partial charge in [0.1, 0.15) is 9.07 Å². The van der Waals surface area contributed by atoms with Crippen molar-refractivity contribution in [3.8, 4) is 0 Å². The van der Waals surface area contributed by atoms with Crippen molar-refractivity contribution in [2.24, 2.45) is 10.9 Å². The summed E-state index contributed by atoms with van der Waals surface area (Å²) >= 11 is 10.9. The number of likely N-dealkylation sites (tertiary alicyclic amines) is 1. The fraction of sp³-hybridized carbons (Fsp3) is 0.625. The smallest absolute Gasteiger partial charge is 0.110 e. The first-order chi connectivity index (χ1) is 6.00. The van der Waals surface area contributed by atoms with Gasteiger partial charge in [-0.1, -0.05) is 47.8 Å². The summed E-state index contributed by atoms with van der Waals surface area (Å²) in [6.45, 7) is 0.949. The first kappa shape index (κ1) is 10.2. The van der Waals surface area contributed by atoms with Crippen molar-refractivity contribution in [3.05, 3.63) is 10.7 Å². The van der Waals surface area contributed by atoms with Crippen LogP contribution in [0.15, 0.2) is 15.7 Å². The SMILES string of the molecule is CN1CC(Br)(Br)C2CC(Br)=CN=C21. The number of nitrogens with zero attached hydrogens (tertiary/aromatic N) is 2. The first-order valence-electron chi connectivity index (χ1n) is 4.02. The number of rotatable bonds is 0. The predicted molar refractivity (Wildman–Crippen MR) is 65.8 cm³/mol. The van der Waals surface area contributed by atoms with Gasteiger partial charge in [-0.15, -0.1) is 0 Å². The molecule has 0 saturated carbocycles. The number of hydrogen-bond acceptors (Lipinski definition) is 2. The van der Waals surface area contributed by atoms with E-state index < -0.39 is 0 Å². The maximum Gasteiger partial charge on any atom is 0.110 e. The van der Waals surface area contributed by atoms with Crippen LogP contribution in [0, 0.1) is 5.92 Å². The predicted octanol–water partition coefficient (Wildman–Crippen LogP) is 3.07. The van der Waals surface area contributed by atoms with Gasteiger partial charge in [-0.3, -0.25) is 0 Å². The Hall–Kier alpha value is 0.650. The molecule has 0 aliphatic carbocycles. The van der Waals surface area contributed by atoms with Gasteiger partial charge in [-0.05, 0) is 6.42 Å². The highest BCUT2D eigenvalue weighted by molar-refractivity contribution is 9.25. The van der Waals surface area contributed by atoms with Gasteiger partial charge in [0.2, 0.25) is 0 Å². The van der Waals surface area contributed by atoms with Crippen LogP contribution in [0.25, 0.3) is 0 Å². The van der Waals surface area contributed by atoms with Gasteiger partial charge < -0.3 is 4.90 Å². The number of aliphatic imine (C=N–C) groups is 1. The molecule has 1 atom stereocenters. The summed E-state index contributed by atoms with van der Waals surface area (Å²) in [6.07, 6.45) is 2.91. The van der Waals surface area contributed by atoms with E-state index in [1.54, 1.807) is 0 Å². The third-order valence-electron chi connectivity index (χ3n) is 2.40. The van der Waals surface area contributed by atoms with Crippen molar-refractivity contribution in [1.82, 2.24) is 4.90 Å². The Bertz CT molecular complexity index is 296. The highest BCUT2D eigenvalue weighted by Crippen LogP contribution is 2.46. The molecule has 1 saturated heterocycles. The molecular formula is C8H9Br3N2. The van der Waals surface area contributed by atoms with Crippen LogP contribution in [-0.2, 0) is 0 Å². The average Bonchev–Trinajstić information content (AvgIpc) is 2.23. The van der Waals surface area contributed by atoms with Crippen LogP contribution < -0.4 is 0 Å². The summed E-state index contributed by atoms with van der Waals surface area (Å²) < 4.78 is 1.15. The maximum atomic E-state index is 4.42. The van der Waals surface area contributed by atoms with Gasteiger partial charge in [0, 0.05) is 30.2 Å². The van der Waals surface area contributed by atoms with E-state index in [4.69, 9.17) is 0 Å². The third-order valence-corrected chi connectivity index (χ3v) is 4.53. The van der Waals surface area contributed by atoms with Crippen LogP contribution in [0.1, 0.15) is 6.42 Å². The quantitative estimate of drug-likeness (QED) is 0.597. The molecule has 2 rings (SSSR count). The summed E-state index contributed by atoms with van der Waals surface area (Å²) in [4.78, 5) is 6.61. The second-order valence-electron chi connectivity index (χ2n) is 3.44. The molecule has 0 aromatic carbocycles. The fourth-order valence-electron chi connectivity index (χ4n) is 1.78. The van der Waals surface area contributed by atoms with Crippen LogP contribution in [0.3, 0.4) is 0 Å². The molecule has 2 aliphatic rings. The van der Waals surface area contributed by atoms with Crippen LogP contribution in [0.4, 0.5) is 0 Å². The lowest BCUT2D eigenvalue weighted by Crippen LogP contribution is -2.26. The lowest BCUT2D eigenvalue weighted by atomic mass is 10.0. The molecule has 0 amide bonds. The monoisotopic (exact) mass is 370 g/mol. The zero-order valence-electron chi connectivity index (χ0n) is 7.10. The van der Waals surface area contributed by atoms with E-state index >= 15 is 0 Å². The van der Waals surface area contributed by atoms with E-state index in [1.165, 1.54) is 4.48 Å². The summed E-state index contributed by atoms with van der Waals surface area (Å²) in [5.74, 6) is 1.59. The largest absolute Gasteiger partial charge is 0.361 e. The Labute approximate surface area is 103 Å². The molecule has 2 heterocycles. The third kappa shape index (κ3) is 1.75. The molecule has 0 N–H and O–H groups in total. The van der Waals surface area contributed by atoms with Gasteiger partial charge in [0.05, 0.1) is 0 Å². The molecule has 0 radical (unpaired) electrons. The summed E-state index contributed by atoms with van der Waals surface area (Å²) in [5, 5.41) is 0. The molecule has 13 heavy (non-hydrogen) atoms. The van der Waals surface area contributed by atoms with Crippen LogP contribution in [0.5, 0.6) is 0 Å². The topological polar surface area (TPSA) is 15.6 Å². The molecule has 0 aromatic heterocycles. The Morgan fingerprint density at radius 2 is 2.31 bits per heavy atom. The van der Waals surface area contributed by atoms with E-state index in [-0.39, 0.29) is 3.23 Å². The van der Waals surface area contributed by atoms with Gasteiger partial charge >= 0.3 is 0 Å². The molecule has 0 spiro atoms. The second kappa shape index (κ2) is 3.35. The van der Waals surface area contributed by atoms with E-state index in [0.29, 0.717) is 5.92 Å². The van der Waals surface area contributed by atoms with Crippen LogP contribution in [-0.4, -0.2) is 27.6 Å². The fourth-order valence-corrected chi connectivity index (χ4v) is 3.69. The summed E-state index contributed by atoms with van der Waals surface area (Å²) in [7, 11) is 2.07. The Morgan fingerprint density at radius 3 is 3.00 bits per heavy atom. The molecule has 0 bridgehead atoms. The molecule has 2 aliphatic heterocycles. The first-order valence-corrected chi connectivity index (χ1v) is 6.40. The van der Waals surface area contributed by atoms with Crippen molar-refractivity contribution >= 4 is 53.6 Å². The zero-order valence-corrected chi connectivity index (χ0v) is 11.9. The molecule has 1 unspecified atom stereocenters. The normalized spacial score (nSPS) is 31.1. The van der Waals surface area contributed by atoms with Gasteiger partial charge in [0.15, 0.2) is 0 Å². The molecular weight excluding hydrogens is 364 g/mol. The van der Waals surface area contributed by atoms with Crippen molar-refractivity contribution in [2.45, 2.75) is 9.65 Å². The van der Waals surface area contributed by atoms with Crippen molar-refractivity contribution < 1.29 is 0 Å². The number of alkyl halides is 2. The molecule has 0 aromatic rings. The minimum absolute atomic E-state index is 0.0130. The molecule has 2 nitrogen and oxygen atoms in total. The van der Waals surface area contributed by atoms with Crippen LogP contribution in [0.2, 0.25) is 0 Å². The lowest BCUT2D eigenvalue weighted by Gasteiger charge is -2.22. The lowest BCUT2D eigenvalue weighted by molar-refractivity contribution is 0.546. The van der Waals surface area contributed by atoms with E-state index in [2.05, 4.69) is 64.7 Å². The molecule has 1 fully saturated rings. The minimum Gasteiger partial charge on any atom is -0.361 e. The number of amidine groups is 1. The highest BCUT2D eigenvalue weighted by Gasteiger charge is 2.47. The number of allylic oxidation sites excluding steroid dienone is 1. The van der Waals surface area contributed by atoms with Gasteiger partial charge in [-0.2, -0.15) is 0 Å². The Kier molecular flexibility index (Phi) is 2.62. The average molecular weight is 373 g/mol. The van der Waals surface area contributed by atoms with Crippen molar-refractivity contribution in [2.75, 3.05) is 13.6 Å². The van der Waals surface area contributed by atoms with E-state index in [0.717, 1.165) is 18.8 Å². The highest BCUT2D eigenvalue weighted by atomic mass is 79.9. The molecule has 5 heteroatoms. The maximum absolute atomic E-state index is 4.42. The zero-order chi connectivity index (χ0) is 9.64. The number of halogens is 3. The second-order valence-corrected chi connectivity index (χ2v) is 8.35. The molecule has 72 valence electrons. The standard InChI is InChI=1S/C8H9Br3N2/c1-13-4-8(10,11)6-2-5(9)3-12-7(6)13/h3,6H,2,4H2,1H3.